The summed E-state index contributed by atoms with van der Waals surface area (Å²) in [6.45, 7) is 0. The van der Waals surface area contributed by atoms with Gasteiger partial charge < -0.3 is 19.8 Å². The lowest BCUT2D eigenvalue weighted by atomic mass is 10.0. The summed E-state index contributed by atoms with van der Waals surface area (Å²) in [5, 5.41) is 5.92. The van der Waals surface area contributed by atoms with Crippen LogP contribution in [-0.2, 0) is 4.79 Å². The first kappa shape index (κ1) is 10.7. The van der Waals surface area contributed by atoms with E-state index in [1.807, 2.05) is 24.3 Å². The quantitative estimate of drug-likeness (QED) is 0.851. The van der Waals surface area contributed by atoms with E-state index in [9.17, 15) is 4.79 Å². The molecule has 5 nitrogen and oxygen atoms in total. The number of benzene rings is 1. The number of rotatable bonds is 2. The van der Waals surface area contributed by atoms with Gasteiger partial charge in [-0.1, -0.05) is 18.2 Å². The van der Waals surface area contributed by atoms with Gasteiger partial charge in [-0.15, -0.1) is 0 Å². The third kappa shape index (κ3) is 1.60. The molecule has 0 radical (unpaired) electrons. The molecular formula is C13H12N2O3. The highest BCUT2D eigenvalue weighted by atomic mass is 16.5. The van der Waals surface area contributed by atoms with Crippen LogP contribution < -0.4 is 15.4 Å². The molecule has 1 aromatic carbocycles. The van der Waals surface area contributed by atoms with E-state index in [-0.39, 0.29) is 5.91 Å². The van der Waals surface area contributed by atoms with E-state index < -0.39 is 6.04 Å². The minimum absolute atomic E-state index is 0.131. The molecule has 1 aromatic heterocycles. The van der Waals surface area contributed by atoms with E-state index in [1.165, 1.54) is 6.26 Å². The topological polar surface area (TPSA) is 63.5 Å². The van der Waals surface area contributed by atoms with Crippen LogP contribution in [0.5, 0.6) is 5.75 Å². The van der Waals surface area contributed by atoms with Crippen molar-refractivity contribution in [3.05, 3.63) is 42.4 Å². The molecule has 18 heavy (non-hydrogen) atoms. The van der Waals surface area contributed by atoms with Gasteiger partial charge in [0.25, 0.3) is 5.91 Å². The zero-order valence-electron chi connectivity index (χ0n) is 9.77. The van der Waals surface area contributed by atoms with E-state index in [0.29, 0.717) is 11.4 Å². The Bertz CT molecular complexity index is 591. The highest BCUT2D eigenvalue weighted by molar-refractivity contribution is 6.03. The molecule has 0 saturated carbocycles. The molecule has 0 spiro atoms. The first-order valence-electron chi connectivity index (χ1n) is 5.56. The van der Waals surface area contributed by atoms with Crippen LogP contribution in [0.15, 0.2) is 41.2 Å². The zero-order valence-corrected chi connectivity index (χ0v) is 9.77. The lowest BCUT2D eigenvalue weighted by molar-refractivity contribution is -0.117. The van der Waals surface area contributed by atoms with Gasteiger partial charge in [-0.05, 0) is 6.07 Å². The minimum atomic E-state index is -0.480. The Hall–Kier alpha value is -2.43. The summed E-state index contributed by atoms with van der Waals surface area (Å²) in [5.74, 6) is 0.547. The molecule has 0 saturated heterocycles. The van der Waals surface area contributed by atoms with Crippen LogP contribution in [0.1, 0.15) is 11.6 Å². The first-order valence-corrected chi connectivity index (χ1v) is 5.56. The van der Waals surface area contributed by atoms with Crippen molar-refractivity contribution >= 4 is 17.3 Å². The van der Waals surface area contributed by atoms with Gasteiger partial charge in [-0.2, -0.15) is 0 Å². The molecule has 1 aliphatic heterocycles. The number of carbonyl (C=O) groups is 1. The van der Waals surface area contributed by atoms with E-state index in [1.54, 1.807) is 13.4 Å². The summed E-state index contributed by atoms with van der Waals surface area (Å²) >= 11 is 0. The Morgan fingerprint density at radius 3 is 2.83 bits per heavy atom. The molecule has 5 heteroatoms. The summed E-state index contributed by atoms with van der Waals surface area (Å²) in [6.07, 6.45) is 3.07. The molecule has 1 atom stereocenters. The lowest BCUT2D eigenvalue weighted by Gasteiger charge is -2.25. The number of hydrogen-bond acceptors (Lipinski definition) is 4. The summed E-state index contributed by atoms with van der Waals surface area (Å²) in [4.78, 5) is 12.1. The van der Waals surface area contributed by atoms with Gasteiger partial charge in [-0.3, -0.25) is 4.79 Å². The molecule has 1 unspecified atom stereocenters. The highest BCUT2D eigenvalue weighted by Gasteiger charge is 2.29. The predicted octanol–water partition coefficient (Wildman–Crippen LogP) is 2.39. The van der Waals surface area contributed by atoms with Gasteiger partial charge in [-0.25, -0.2) is 0 Å². The first-order chi connectivity index (χ1) is 8.79. The average molecular weight is 244 g/mol. The third-order valence-electron chi connectivity index (χ3n) is 2.93. The SMILES string of the molecule is COc1ccccc1C1Nc2cocc2NC1=O. The number of carbonyl (C=O) groups excluding carboxylic acids is 1. The Morgan fingerprint density at radius 1 is 1.22 bits per heavy atom. The Kier molecular flexibility index (Phi) is 2.44. The molecule has 2 N–H and O–H groups in total. The largest absolute Gasteiger partial charge is 0.496 e. The normalized spacial score (nSPS) is 17.6. The average Bonchev–Trinajstić information content (AvgIpc) is 2.84. The van der Waals surface area contributed by atoms with E-state index in [4.69, 9.17) is 9.15 Å². The minimum Gasteiger partial charge on any atom is -0.496 e. The van der Waals surface area contributed by atoms with Crippen molar-refractivity contribution in [3.63, 3.8) is 0 Å². The van der Waals surface area contributed by atoms with E-state index in [0.717, 1.165) is 11.3 Å². The Morgan fingerprint density at radius 2 is 2.00 bits per heavy atom. The van der Waals surface area contributed by atoms with Crippen LogP contribution in [0.4, 0.5) is 11.4 Å². The van der Waals surface area contributed by atoms with Gasteiger partial charge in [0.05, 0.1) is 12.8 Å². The molecular weight excluding hydrogens is 232 g/mol. The molecule has 92 valence electrons. The Labute approximate surface area is 104 Å². The fraction of sp³-hybridized carbons (Fsp3) is 0.154. The van der Waals surface area contributed by atoms with Crippen LogP contribution in [-0.4, -0.2) is 13.0 Å². The number of hydrogen-bond donors (Lipinski definition) is 2. The van der Waals surface area contributed by atoms with Crippen LogP contribution in [0.25, 0.3) is 0 Å². The summed E-state index contributed by atoms with van der Waals surface area (Å²) in [6, 6.07) is 6.95. The van der Waals surface area contributed by atoms with Gasteiger partial charge in [0.1, 0.15) is 30.0 Å². The number of furan rings is 1. The fourth-order valence-corrected chi connectivity index (χ4v) is 2.06. The maximum atomic E-state index is 12.1. The lowest BCUT2D eigenvalue weighted by Crippen LogP contribution is -2.31. The van der Waals surface area contributed by atoms with Crippen molar-refractivity contribution in [1.82, 2.24) is 0 Å². The molecule has 0 fully saturated rings. The summed E-state index contributed by atoms with van der Waals surface area (Å²) < 4.78 is 10.3. The van der Waals surface area contributed by atoms with Crippen molar-refractivity contribution in [3.8, 4) is 5.75 Å². The second kappa shape index (κ2) is 4.10. The molecule has 0 aliphatic carbocycles. The van der Waals surface area contributed by atoms with Crippen molar-refractivity contribution < 1.29 is 13.9 Å². The maximum Gasteiger partial charge on any atom is 0.251 e. The molecule has 1 aliphatic rings. The predicted molar refractivity (Wildman–Crippen MR) is 66.7 cm³/mol. The number of fused-ring (bicyclic) bond motifs is 1. The van der Waals surface area contributed by atoms with Gasteiger partial charge in [0.15, 0.2) is 0 Å². The number of ether oxygens (including phenoxy) is 1. The van der Waals surface area contributed by atoms with Crippen molar-refractivity contribution in [1.29, 1.82) is 0 Å². The number of anilines is 2. The molecule has 2 aromatic rings. The second-order valence-corrected chi connectivity index (χ2v) is 4.01. The van der Waals surface area contributed by atoms with Crippen molar-refractivity contribution in [2.24, 2.45) is 0 Å². The molecule has 3 rings (SSSR count). The van der Waals surface area contributed by atoms with Gasteiger partial charge in [0.2, 0.25) is 0 Å². The zero-order chi connectivity index (χ0) is 12.5. The van der Waals surface area contributed by atoms with Crippen molar-refractivity contribution in [2.75, 3.05) is 17.7 Å². The number of para-hydroxylation sites is 1. The van der Waals surface area contributed by atoms with Crippen molar-refractivity contribution in [2.45, 2.75) is 6.04 Å². The molecule has 1 amide bonds. The van der Waals surface area contributed by atoms with E-state index >= 15 is 0 Å². The van der Waals surface area contributed by atoms with Gasteiger partial charge in [0, 0.05) is 5.56 Å². The number of methoxy groups -OCH3 is 1. The second-order valence-electron chi connectivity index (χ2n) is 4.01. The highest BCUT2D eigenvalue weighted by Crippen LogP contribution is 2.35. The molecule has 2 heterocycles. The van der Waals surface area contributed by atoms with Crippen LogP contribution in [0.3, 0.4) is 0 Å². The number of amides is 1. The summed E-state index contributed by atoms with van der Waals surface area (Å²) in [5.41, 5.74) is 2.22. The number of nitrogens with one attached hydrogen (secondary N) is 2. The van der Waals surface area contributed by atoms with E-state index in [2.05, 4.69) is 10.6 Å². The third-order valence-corrected chi connectivity index (χ3v) is 2.93. The smallest absolute Gasteiger partial charge is 0.251 e. The van der Waals surface area contributed by atoms with Crippen LogP contribution >= 0.6 is 0 Å². The summed E-state index contributed by atoms with van der Waals surface area (Å²) in [7, 11) is 1.59. The van der Waals surface area contributed by atoms with Crippen LogP contribution in [0.2, 0.25) is 0 Å². The van der Waals surface area contributed by atoms with Crippen LogP contribution in [0, 0.1) is 0 Å². The van der Waals surface area contributed by atoms with Gasteiger partial charge >= 0.3 is 0 Å². The monoisotopic (exact) mass is 244 g/mol. The standard InChI is InChI=1S/C13H12N2O3/c1-17-11-5-3-2-4-8(11)12-13(16)15-10-7-18-6-9(10)14-12/h2-7,12,14H,1H3,(H,15,16). The molecule has 0 bridgehead atoms. The maximum absolute atomic E-state index is 12.1. The fourth-order valence-electron chi connectivity index (χ4n) is 2.06. The Balaban J connectivity index is 2.00.